The second kappa shape index (κ2) is 19.3. The first-order chi connectivity index (χ1) is 16.7. The summed E-state index contributed by atoms with van der Waals surface area (Å²) in [6.07, 6.45) is 3.01. The molecule has 2 aliphatic rings. The van der Waals surface area contributed by atoms with Gasteiger partial charge in [0.1, 0.15) is 12.2 Å². The van der Waals surface area contributed by atoms with Crippen molar-refractivity contribution in [3.63, 3.8) is 0 Å². The zero-order valence-electron chi connectivity index (χ0n) is 20.5. The maximum atomic E-state index is 11.5. The molecule has 1 atom stereocenters. The molecule has 0 saturated carbocycles. The highest BCUT2D eigenvalue weighted by Crippen LogP contribution is 2.16. The minimum atomic E-state index is -0.971. The van der Waals surface area contributed by atoms with Crippen LogP contribution >= 0.6 is 0 Å². The molecule has 2 fully saturated rings. The fraction of sp³-hybridized carbons (Fsp3) is 0.957. The van der Waals surface area contributed by atoms with Gasteiger partial charge in [-0.1, -0.05) is 0 Å². The van der Waals surface area contributed by atoms with Crippen LogP contribution in [0.5, 0.6) is 0 Å². The zero-order valence-corrected chi connectivity index (χ0v) is 20.5. The van der Waals surface area contributed by atoms with Gasteiger partial charge < -0.3 is 47.4 Å². The smallest absolute Gasteiger partial charge is 0.302 e. The number of carbonyl (C=O) groups is 1. The van der Waals surface area contributed by atoms with Crippen molar-refractivity contribution < 1.29 is 52.2 Å². The normalized spacial score (nSPS) is 23.9. The highest BCUT2D eigenvalue weighted by molar-refractivity contribution is 5.65. The average Bonchev–Trinajstić information content (AvgIpc) is 2.84. The van der Waals surface area contributed by atoms with Crippen LogP contribution in [0.2, 0.25) is 0 Å². The van der Waals surface area contributed by atoms with Crippen molar-refractivity contribution in [3.8, 4) is 0 Å². The Morgan fingerprint density at radius 1 is 0.765 bits per heavy atom. The monoisotopic (exact) mass is 494 g/mol. The Morgan fingerprint density at radius 3 is 1.91 bits per heavy atom. The van der Waals surface area contributed by atoms with E-state index < -0.39 is 11.6 Å². The third-order valence-electron chi connectivity index (χ3n) is 5.06. The molecule has 0 amide bonds. The van der Waals surface area contributed by atoms with Gasteiger partial charge in [0, 0.05) is 13.5 Å². The van der Waals surface area contributed by atoms with Crippen molar-refractivity contribution in [1.29, 1.82) is 0 Å². The summed E-state index contributed by atoms with van der Waals surface area (Å²) in [5.74, 6) is -0.403. The molecule has 2 aliphatic heterocycles. The van der Waals surface area contributed by atoms with E-state index in [1.165, 1.54) is 6.92 Å². The van der Waals surface area contributed by atoms with E-state index in [2.05, 4.69) is 0 Å². The SMILES string of the molecule is CC(=O)OCC1(OCCOCCOC2CCCCO2)COCCOCCOCCOCCOC1. The zero-order chi connectivity index (χ0) is 24.2. The largest absolute Gasteiger partial charge is 0.463 e. The fourth-order valence-corrected chi connectivity index (χ4v) is 3.28. The van der Waals surface area contributed by atoms with Crippen LogP contribution in [0.25, 0.3) is 0 Å². The second-order valence-corrected chi connectivity index (χ2v) is 8.03. The molecule has 0 N–H and O–H groups in total. The number of ether oxygens (including phenoxy) is 10. The maximum absolute atomic E-state index is 11.5. The van der Waals surface area contributed by atoms with Gasteiger partial charge in [-0.25, -0.2) is 0 Å². The van der Waals surface area contributed by atoms with Crippen LogP contribution in [-0.4, -0.2) is 124 Å². The summed E-state index contributed by atoms with van der Waals surface area (Å²) in [6, 6.07) is 0. The van der Waals surface area contributed by atoms with Crippen LogP contribution in [0.3, 0.4) is 0 Å². The molecule has 11 nitrogen and oxygen atoms in total. The summed E-state index contributed by atoms with van der Waals surface area (Å²) in [5.41, 5.74) is -0.971. The molecule has 2 rings (SSSR count). The van der Waals surface area contributed by atoms with Gasteiger partial charge in [-0.05, 0) is 19.3 Å². The van der Waals surface area contributed by atoms with Crippen LogP contribution in [0.15, 0.2) is 0 Å². The number of rotatable bonds is 10. The molecule has 1 unspecified atom stereocenters. The summed E-state index contributed by atoms with van der Waals surface area (Å²) < 4.78 is 56.2. The molecule has 11 heteroatoms. The van der Waals surface area contributed by atoms with Crippen LogP contribution in [0, 0.1) is 0 Å². The van der Waals surface area contributed by atoms with Gasteiger partial charge in [0.05, 0.1) is 92.5 Å². The topological polar surface area (TPSA) is 109 Å². The molecule has 200 valence electrons. The molecule has 34 heavy (non-hydrogen) atoms. The van der Waals surface area contributed by atoms with E-state index in [4.69, 9.17) is 47.4 Å². The summed E-state index contributed by atoms with van der Waals surface area (Å²) in [4.78, 5) is 11.5. The Labute approximate surface area is 202 Å². The number of hydrogen-bond acceptors (Lipinski definition) is 11. The number of carbonyl (C=O) groups excluding carboxylic acids is 1. The number of esters is 1. The first-order valence-electron chi connectivity index (χ1n) is 12.2. The highest BCUT2D eigenvalue weighted by atomic mass is 16.7. The van der Waals surface area contributed by atoms with Gasteiger partial charge >= 0.3 is 5.97 Å². The minimum absolute atomic E-state index is 0.0000174. The molecule has 0 aromatic carbocycles. The summed E-state index contributed by atoms with van der Waals surface area (Å²) in [6.45, 7) is 7.49. The first-order valence-corrected chi connectivity index (χ1v) is 12.2. The second-order valence-electron chi connectivity index (χ2n) is 8.03. The van der Waals surface area contributed by atoms with Crippen molar-refractivity contribution in [2.45, 2.75) is 38.1 Å². The van der Waals surface area contributed by atoms with E-state index in [-0.39, 0.29) is 32.7 Å². The Balaban J connectivity index is 1.76. The Hall–Kier alpha value is -0.890. The maximum Gasteiger partial charge on any atom is 0.302 e. The fourth-order valence-electron chi connectivity index (χ4n) is 3.28. The standard InChI is InChI=1S/C23H42O11/c1-21(24)33-20-23(34-17-15-28-14-16-32-22-4-2-3-5-31-22)18-29-12-10-26-8-6-25-7-9-27-11-13-30-19-23/h22H,2-20H2,1H3. The molecule has 0 spiro atoms. The molecule has 0 aromatic heterocycles. The summed E-state index contributed by atoms with van der Waals surface area (Å²) in [5, 5.41) is 0. The lowest BCUT2D eigenvalue weighted by Gasteiger charge is -2.33. The average molecular weight is 495 g/mol. The molecule has 0 aliphatic carbocycles. The predicted molar refractivity (Wildman–Crippen MR) is 120 cm³/mol. The predicted octanol–water partition coefficient (Wildman–Crippen LogP) is 0.961. The van der Waals surface area contributed by atoms with Crippen LogP contribution in [-0.2, 0) is 52.2 Å². The summed E-state index contributed by atoms with van der Waals surface area (Å²) >= 11 is 0. The summed E-state index contributed by atoms with van der Waals surface area (Å²) in [7, 11) is 0. The molecular weight excluding hydrogens is 452 g/mol. The van der Waals surface area contributed by atoms with Crippen molar-refractivity contribution >= 4 is 5.97 Å². The Kier molecular flexibility index (Phi) is 16.7. The van der Waals surface area contributed by atoms with E-state index in [0.717, 1.165) is 25.9 Å². The lowest BCUT2D eigenvalue weighted by molar-refractivity contribution is -0.187. The Bertz CT molecular complexity index is 483. The van der Waals surface area contributed by atoms with E-state index in [0.29, 0.717) is 72.7 Å². The Morgan fingerprint density at radius 2 is 1.35 bits per heavy atom. The lowest BCUT2D eigenvalue weighted by Crippen LogP contribution is -2.48. The van der Waals surface area contributed by atoms with Gasteiger partial charge in [-0.3, -0.25) is 4.79 Å². The van der Waals surface area contributed by atoms with Crippen LogP contribution < -0.4 is 0 Å². The molecular formula is C23H42O11. The van der Waals surface area contributed by atoms with Gasteiger partial charge in [0.2, 0.25) is 0 Å². The van der Waals surface area contributed by atoms with Gasteiger partial charge in [-0.15, -0.1) is 0 Å². The van der Waals surface area contributed by atoms with Crippen molar-refractivity contribution in [1.82, 2.24) is 0 Å². The first kappa shape index (κ1) is 29.3. The molecule has 0 radical (unpaired) electrons. The van der Waals surface area contributed by atoms with E-state index in [9.17, 15) is 4.79 Å². The van der Waals surface area contributed by atoms with E-state index in [1.807, 2.05) is 0 Å². The van der Waals surface area contributed by atoms with E-state index in [1.54, 1.807) is 0 Å². The van der Waals surface area contributed by atoms with Crippen molar-refractivity contribution in [3.05, 3.63) is 0 Å². The van der Waals surface area contributed by atoms with Gasteiger partial charge in [0.15, 0.2) is 6.29 Å². The lowest BCUT2D eigenvalue weighted by atomic mass is 10.1. The van der Waals surface area contributed by atoms with Crippen LogP contribution in [0.4, 0.5) is 0 Å². The van der Waals surface area contributed by atoms with Crippen molar-refractivity contribution in [2.24, 2.45) is 0 Å². The minimum Gasteiger partial charge on any atom is -0.463 e. The molecule has 0 bridgehead atoms. The third-order valence-corrected chi connectivity index (χ3v) is 5.06. The molecule has 0 aromatic rings. The number of hydrogen-bond donors (Lipinski definition) is 0. The van der Waals surface area contributed by atoms with Crippen molar-refractivity contribution in [2.75, 3.05) is 106 Å². The third kappa shape index (κ3) is 14.5. The van der Waals surface area contributed by atoms with E-state index >= 15 is 0 Å². The highest BCUT2D eigenvalue weighted by Gasteiger charge is 2.34. The molecule has 2 heterocycles. The van der Waals surface area contributed by atoms with Gasteiger partial charge in [0.25, 0.3) is 0 Å². The quantitative estimate of drug-likeness (QED) is 0.320. The molecule has 2 saturated heterocycles. The van der Waals surface area contributed by atoms with Crippen LogP contribution in [0.1, 0.15) is 26.2 Å². The van der Waals surface area contributed by atoms with Gasteiger partial charge in [-0.2, -0.15) is 0 Å².